The molecule has 0 heterocycles. The van der Waals surface area contributed by atoms with E-state index in [4.69, 9.17) is 0 Å². The van der Waals surface area contributed by atoms with Gasteiger partial charge >= 0.3 is 0 Å². The molecule has 1 aromatic rings. The summed E-state index contributed by atoms with van der Waals surface area (Å²) in [5, 5.41) is 10.1. The minimum absolute atomic E-state index is 0.0256. The van der Waals surface area contributed by atoms with Crippen molar-refractivity contribution in [1.29, 1.82) is 0 Å². The van der Waals surface area contributed by atoms with Gasteiger partial charge in [0.2, 0.25) is 0 Å². The van der Waals surface area contributed by atoms with Crippen molar-refractivity contribution in [3.05, 3.63) is 59.2 Å². The van der Waals surface area contributed by atoms with Crippen molar-refractivity contribution in [2.24, 2.45) is 5.92 Å². The van der Waals surface area contributed by atoms with Gasteiger partial charge in [0.05, 0.1) is 0 Å². The van der Waals surface area contributed by atoms with Gasteiger partial charge < -0.3 is 5.11 Å². The summed E-state index contributed by atoms with van der Waals surface area (Å²) in [6, 6.07) is 7.79. The smallest absolute Gasteiger partial charge is 0.161 e. The van der Waals surface area contributed by atoms with Crippen LogP contribution in [0.25, 0.3) is 5.76 Å². The fourth-order valence-electron chi connectivity index (χ4n) is 2.40. The van der Waals surface area contributed by atoms with Crippen LogP contribution in [-0.4, -0.2) is 17.1 Å². The van der Waals surface area contributed by atoms with Crippen LogP contribution < -0.4 is 0 Å². The molecule has 0 saturated carbocycles. The van der Waals surface area contributed by atoms with Crippen molar-refractivity contribution in [3.63, 3.8) is 0 Å². The van der Waals surface area contributed by atoms with Gasteiger partial charge in [0.25, 0.3) is 0 Å². The van der Waals surface area contributed by atoms with Crippen LogP contribution in [0, 0.1) is 5.92 Å². The third-order valence-corrected chi connectivity index (χ3v) is 4.36. The molecule has 3 heteroatoms. The van der Waals surface area contributed by atoms with Crippen molar-refractivity contribution < 1.29 is 9.90 Å². The van der Waals surface area contributed by atoms with Crippen molar-refractivity contribution >= 4 is 23.3 Å². The topological polar surface area (TPSA) is 37.3 Å². The molecule has 2 rings (SSSR count). The Morgan fingerprint density at radius 1 is 1.33 bits per heavy atom. The first-order valence-electron chi connectivity index (χ1n) is 6.98. The second-order valence-electron chi connectivity index (χ2n) is 5.32. The fourth-order valence-corrected chi connectivity index (χ4v) is 2.81. The van der Waals surface area contributed by atoms with Crippen LogP contribution in [0.4, 0.5) is 0 Å². The van der Waals surface area contributed by atoms with E-state index < -0.39 is 0 Å². The molecule has 0 saturated heterocycles. The van der Waals surface area contributed by atoms with E-state index in [1.165, 1.54) is 4.90 Å². The number of carbonyl (C=O) groups excluding carboxylic acids is 1. The zero-order chi connectivity index (χ0) is 15.4. The second kappa shape index (κ2) is 6.81. The van der Waals surface area contributed by atoms with E-state index in [0.717, 1.165) is 23.1 Å². The maximum Gasteiger partial charge on any atom is 0.161 e. The lowest BCUT2D eigenvalue weighted by Gasteiger charge is -2.17. The highest BCUT2D eigenvalue weighted by atomic mass is 32.2. The molecule has 110 valence electrons. The minimum Gasteiger partial charge on any atom is -0.507 e. The molecular formula is C18H20O2S. The van der Waals surface area contributed by atoms with Gasteiger partial charge in [-0.2, -0.15) is 0 Å². The summed E-state index contributed by atoms with van der Waals surface area (Å²) in [4.78, 5) is 12.9. The number of Topliss-reactive ketones (excluding diaryl/α,β-unsaturated/α-hetero) is 1. The predicted molar refractivity (Wildman–Crippen MR) is 89.5 cm³/mol. The maximum atomic E-state index is 11.7. The number of thioether (sulfide) groups is 1. The van der Waals surface area contributed by atoms with Crippen molar-refractivity contribution in [1.82, 2.24) is 0 Å². The number of aliphatic hydroxyl groups excluding tert-OH is 1. The molecule has 0 amide bonds. The van der Waals surface area contributed by atoms with Gasteiger partial charge in [-0.05, 0) is 49.0 Å². The Labute approximate surface area is 130 Å². The normalized spacial score (nSPS) is 21.6. The molecule has 21 heavy (non-hydrogen) atoms. The lowest BCUT2D eigenvalue weighted by atomic mass is 9.86. The first kappa shape index (κ1) is 15.6. The van der Waals surface area contributed by atoms with Crippen LogP contribution in [0.5, 0.6) is 0 Å². The van der Waals surface area contributed by atoms with Crippen LogP contribution in [-0.2, 0) is 4.79 Å². The standard InChI is InChI=1S/C18H20O2S/c1-12-10-14(11-13(2)18(12)20)4-9-17(19)15-5-7-16(21-3)8-6-15/h4-10,13,19H,11H2,1-3H3. The molecule has 1 aliphatic carbocycles. The first-order chi connectivity index (χ1) is 10.0. The monoisotopic (exact) mass is 300 g/mol. The van der Waals surface area contributed by atoms with E-state index >= 15 is 0 Å². The van der Waals surface area contributed by atoms with Gasteiger partial charge in [0, 0.05) is 16.4 Å². The second-order valence-corrected chi connectivity index (χ2v) is 6.20. The number of allylic oxidation sites excluding steroid dienone is 5. The molecule has 0 aliphatic heterocycles. The Hall–Kier alpha value is -1.74. The van der Waals surface area contributed by atoms with Crippen LogP contribution in [0.1, 0.15) is 25.8 Å². The molecule has 1 N–H and O–H groups in total. The summed E-state index contributed by atoms with van der Waals surface area (Å²) in [5.74, 6) is 0.483. The Morgan fingerprint density at radius 2 is 2.00 bits per heavy atom. The molecular weight excluding hydrogens is 280 g/mol. The number of hydrogen-bond donors (Lipinski definition) is 1. The third-order valence-electron chi connectivity index (χ3n) is 3.62. The molecule has 1 atom stereocenters. The van der Waals surface area contributed by atoms with Gasteiger partial charge in [0.15, 0.2) is 5.78 Å². The highest BCUT2D eigenvalue weighted by Gasteiger charge is 2.20. The number of hydrogen-bond acceptors (Lipinski definition) is 3. The first-order valence-corrected chi connectivity index (χ1v) is 8.20. The van der Waals surface area contributed by atoms with E-state index in [9.17, 15) is 9.90 Å². The summed E-state index contributed by atoms with van der Waals surface area (Å²) in [5.41, 5.74) is 2.66. The average molecular weight is 300 g/mol. The van der Waals surface area contributed by atoms with E-state index in [2.05, 4.69) is 0 Å². The maximum absolute atomic E-state index is 11.7. The lowest BCUT2D eigenvalue weighted by Crippen LogP contribution is -2.16. The van der Waals surface area contributed by atoms with E-state index in [0.29, 0.717) is 0 Å². The molecule has 1 aromatic carbocycles. The highest BCUT2D eigenvalue weighted by Crippen LogP contribution is 2.25. The summed E-state index contributed by atoms with van der Waals surface area (Å²) < 4.78 is 0. The highest BCUT2D eigenvalue weighted by molar-refractivity contribution is 7.98. The van der Waals surface area contributed by atoms with E-state index in [1.54, 1.807) is 17.8 Å². The molecule has 0 fully saturated rings. The summed E-state index contributed by atoms with van der Waals surface area (Å²) in [6.45, 7) is 3.79. The van der Waals surface area contributed by atoms with Crippen LogP contribution in [0.2, 0.25) is 0 Å². The molecule has 0 spiro atoms. The summed E-state index contributed by atoms with van der Waals surface area (Å²) in [7, 11) is 0. The lowest BCUT2D eigenvalue weighted by molar-refractivity contribution is -0.118. The van der Waals surface area contributed by atoms with Gasteiger partial charge in [-0.15, -0.1) is 11.8 Å². The van der Waals surface area contributed by atoms with Gasteiger partial charge in [-0.3, -0.25) is 4.79 Å². The molecule has 0 bridgehead atoms. The predicted octanol–water partition coefficient (Wildman–Crippen LogP) is 4.79. The molecule has 0 radical (unpaired) electrons. The van der Waals surface area contributed by atoms with E-state index in [-0.39, 0.29) is 17.5 Å². The van der Waals surface area contributed by atoms with Gasteiger partial charge in [0.1, 0.15) is 5.76 Å². The van der Waals surface area contributed by atoms with Gasteiger partial charge in [-0.1, -0.05) is 31.2 Å². The van der Waals surface area contributed by atoms with Crippen LogP contribution in [0.15, 0.2) is 58.5 Å². The SMILES string of the molecule is CSc1ccc(C(O)=CC=C2C=C(C)C(=O)C(C)C2)cc1. The Kier molecular flexibility index (Phi) is 5.07. The Bertz CT molecular complexity index is 621. The largest absolute Gasteiger partial charge is 0.507 e. The average Bonchev–Trinajstić information content (AvgIpc) is 2.50. The number of ketones is 1. The number of rotatable bonds is 3. The Morgan fingerprint density at radius 3 is 2.57 bits per heavy atom. The third kappa shape index (κ3) is 3.88. The van der Waals surface area contributed by atoms with Crippen molar-refractivity contribution in [2.45, 2.75) is 25.2 Å². The Balaban J connectivity index is 2.19. The number of benzene rings is 1. The molecule has 1 unspecified atom stereocenters. The molecule has 0 aromatic heterocycles. The van der Waals surface area contributed by atoms with Crippen molar-refractivity contribution in [3.8, 4) is 0 Å². The van der Waals surface area contributed by atoms with Crippen molar-refractivity contribution in [2.75, 3.05) is 6.26 Å². The molecule has 2 nitrogen and oxygen atoms in total. The summed E-state index contributed by atoms with van der Waals surface area (Å²) in [6.07, 6.45) is 8.25. The minimum atomic E-state index is 0.0256. The van der Waals surface area contributed by atoms with Crippen LogP contribution >= 0.6 is 11.8 Å². The number of aliphatic hydroxyl groups is 1. The molecule has 1 aliphatic rings. The number of carbonyl (C=O) groups is 1. The van der Waals surface area contributed by atoms with Crippen LogP contribution in [0.3, 0.4) is 0 Å². The zero-order valence-corrected chi connectivity index (χ0v) is 13.4. The summed E-state index contributed by atoms with van der Waals surface area (Å²) >= 11 is 1.67. The fraction of sp³-hybridized carbons (Fsp3) is 0.278. The van der Waals surface area contributed by atoms with Gasteiger partial charge in [-0.25, -0.2) is 0 Å². The van der Waals surface area contributed by atoms with E-state index in [1.807, 2.05) is 56.5 Å². The quantitative estimate of drug-likeness (QED) is 0.644. The zero-order valence-electron chi connectivity index (χ0n) is 12.6.